The molecule has 0 aliphatic carbocycles. The summed E-state index contributed by atoms with van der Waals surface area (Å²) in [5, 5.41) is 7.26. The van der Waals surface area contributed by atoms with Gasteiger partial charge in [-0.05, 0) is 51.6 Å². The number of likely N-dealkylation sites (tertiary alicyclic amines) is 1. The number of nitrogens with zero attached hydrogens (tertiary/aromatic N) is 3. The van der Waals surface area contributed by atoms with Crippen molar-refractivity contribution in [3.63, 3.8) is 0 Å². The molecular formula is C15H20N4. The molecule has 2 aromatic rings. The van der Waals surface area contributed by atoms with Crippen LogP contribution in [-0.2, 0) is 0 Å². The molecular weight excluding hydrogens is 236 g/mol. The standard InChI is InChI=1S/C15H20N4/c1-11-9-15(18-17-11)14-7-3-6-13(16-14)12-5-4-8-19(2)10-12/h3,6-7,9,12H,4-5,8,10H2,1-2H3,(H,17,18)/t12-/m0/s1. The molecule has 1 atom stereocenters. The molecule has 2 aromatic heterocycles. The largest absolute Gasteiger partial charge is 0.306 e. The van der Waals surface area contributed by atoms with Crippen LogP contribution >= 0.6 is 0 Å². The second-order valence-electron chi connectivity index (χ2n) is 5.49. The highest BCUT2D eigenvalue weighted by molar-refractivity contribution is 5.54. The molecule has 0 aromatic carbocycles. The molecule has 100 valence electrons. The van der Waals surface area contributed by atoms with E-state index in [2.05, 4.69) is 34.3 Å². The minimum atomic E-state index is 0.554. The Balaban J connectivity index is 1.87. The molecule has 3 rings (SSSR count). The number of pyridine rings is 1. The second kappa shape index (κ2) is 5.13. The normalized spacial score (nSPS) is 20.6. The number of aromatic nitrogens is 3. The van der Waals surface area contributed by atoms with Gasteiger partial charge in [0.1, 0.15) is 5.69 Å². The second-order valence-corrected chi connectivity index (χ2v) is 5.49. The van der Waals surface area contributed by atoms with E-state index in [1.54, 1.807) is 0 Å². The van der Waals surface area contributed by atoms with Gasteiger partial charge in [0.15, 0.2) is 0 Å². The maximum atomic E-state index is 4.81. The predicted octanol–water partition coefficient (Wildman–Crippen LogP) is 2.59. The van der Waals surface area contributed by atoms with Gasteiger partial charge in [0.05, 0.1) is 5.69 Å². The highest BCUT2D eigenvalue weighted by Gasteiger charge is 2.20. The molecule has 0 saturated carbocycles. The summed E-state index contributed by atoms with van der Waals surface area (Å²) in [6, 6.07) is 8.31. The minimum absolute atomic E-state index is 0.554. The summed E-state index contributed by atoms with van der Waals surface area (Å²) in [6.45, 7) is 4.32. The van der Waals surface area contributed by atoms with Gasteiger partial charge in [0, 0.05) is 23.9 Å². The summed E-state index contributed by atoms with van der Waals surface area (Å²) in [5.41, 5.74) is 4.17. The van der Waals surface area contributed by atoms with E-state index in [-0.39, 0.29) is 0 Å². The summed E-state index contributed by atoms with van der Waals surface area (Å²) >= 11 is 0. The maximum absolute atomic E-state index is 4.81. The summed E-state index contributed by atoms with van der Waals surface area (Å²) in [4.78, 5) is 7.20. The Morgan fingerprint density at radius 1 is 1.32 bits per heavy atom. The SMILES string of the molecule is Cc1cc(-c2cccc([C@H]3CCCN(C)C3)n2)n[nH]1. The van der Waals surface area contributed by atoms with E-state index in [4.69, 9.17) is 4.98 Å². The van der Waals surface area contributed by atoms with Gasteiger partial charge in [-0.2, -0.15) is 5.10 Å². The Labute approximate surface area is 113 Å². The number of H-pyrrole nitrogens is 1. The van der Waals surface area contributed by atoms with E-state index in [0.717, 1.165) is 23.6 Å². The van der Waals surface area contributed by atoms with Gasteiger partial charge in [-0.1, -0.05) is 6.07 Å². The van der Waals surface area contributed by atoms with Gasteiger partial charge in [0.25, 0.3) is 0 Å². The Bertz CT molecular complexity index is 561. The molecule has 0 bridgehead atoms. The lowest BCUT2D eigenvalue weighted by Gasteiger charge is -2.29. The van der Waals surface area contributed by atoms with E-state index in [1.807, 2.05) is 19.1 Å². The topological polar surface area (TPSA) is 44.8 Å². The van der Waals surface area contributed by atoms with Crippen LogP contribution in [0.5, 0.6) is 0 Å². The number of likely N-dealkylation sites (N-methyl/N-ethyl adjacent to an activating group) is 1. The minimum Gasteiger partial charge on any atom is -0.306 e. The number of rotatable bonds is 2. The lowest BCUT2D eigenvalue weighted by molar-refractivity contribution is 0.248. The van der Waals surface area contributed by atoms with E-state index in [0.29, 0.717) is 5.92 Å². The summed E-state index contributed by atoms with van der Waals surface area (Å²) in [6.07, 6.45) is 2.50. The van der Waals surface area contributed by atoms with Crippen LogP contribution < -0.4 is 0 Å². The zero-order chi connectivity index (χ0) is 13.2. The highest BCUT2D eigenvalue weighted by Crippen LogP contribution is 2.26. The third-order valence-electron chi connectivity index (χ3n) is 3.78. The molecule has 0 radical (unpaired) electrons. The van der Waals surface area contributed by atoms with Gasteiger partial charge >= 0.3 is 0 Å². The number of aromatic amines is 1. The predicted molar refractivity (Wildman–Crippen MR) is 76.0 cm³/mol. The van der Waals surface area contributed by atoms with Gasteiger partial charge in [-0.3, -0.25) is 10.1 Å². The molecule has 1 fully saturated rings. The van der Waals surface area contributed by atoms with Crippen LogP contribution in [0.3, 0.4) is 0 Å². The molecule has 1 aliphatic rings. The van der Waals surface area contributed by atoms with Crippen molar-refractivity contribution in [1.82, 2.24) is 20.1 Å². The Hall–Kier alpha value is -1.68. The zero-order valence-corrected chi connectivity index (χ0v) is 11.6. The monoisotopic (exact) mass is 256 g/mol. The first-order valence-electron chi connectivity index (χ1n) is 6.90. The van der Waals surface area contributed by atoms with E-state index in [1.165, 1.54) is 25.1 Å². The molecule has 0 amide bonds. The Morgan fingerprint density at radius 3 is 2.95 bits per heavy atom. The first-order valence-corrected chi connectivity index (χ1v) is 6.90. The van der Waals surface area contributed by atoms with Gasteiger partial charge in [-0.25, -0.2) is 0 Å². The van der Waals surface area contributed by atoms with E-state index >= 15 is 0 Å². The first-order chi connectivity index (χ1) is 9.22. The van der Waals surface area contributed by atoms with Crippen molar-refractivity contribution >= 4 is 0 Å². The van der Waals surface area contributed by atoms with Gasteiger partial charge in [0.2, 0.25) is 0 Å². The fourth-order valence-electron chi connectivity index (χ4n) is 2.78. The summed E-state index contributed by atoms with van der Waals surface area (Å²) < 4.78 is 0. The van der Waals surface area contributed by atoms with Crippen LogP contribution in [0.1, 0.15) is 30.1 Å². The van der Waals surface area contributed by atoms with Crippen LogP contribution in [0.4, 0.5) is 0 Å². The first kappa shape index (κ1) is 12.4. The molecule has 4 heteroatoms. The van der Waals surface area contributed by atoms with Crippen LogP contribution in [0.2, 0.25) is 0 Å². The van der Waals surface area contributed by atoms with Gasteiger partial charge < -0.3 is 4.90 Å². The van der Waals surface area contributed by atoms with Crippen molar-refractivity contribution in [3.05, 3.63) is 35.7 Å². The highest BCUT2D eigenvalue weighted by atomic mass is 15.1. The molecule has 4 nitrogen and oxygen atoms in total. The van der Waals surface area contributed by atoms with Crippen molar-refractivity contribution < 1.29 is 0 Å². The molecule has 1 N–H and O–H groups in total. The average molecular weight is 256 g/mol. The number of aryl methyl sites for hydroxylation is 1. The fraction of sp³-hybridized carbons (Fsp3) is 0.467. The van der Waals surface area contributed by atoms with Crippen molar-refractivity contribution in [2.45, 2.75) is 25.7 Å². The van der Waals surface area contributed by atoms with Crippen LogP contribution in [0.25, 0.3) is 11.4 Å². The zero-order valence-electron chi connectivity index (χ0n) is 11.6. The molecule has 1 aliphatic heterocycles. The molecule has 3 heterocycles. The molecule has 19 heavy (non-hydrogen) atoms. The van der Waals surface area contributed by atoms with E-state index < -0.39 is 0 Å². The Kier molecular flexibility index (Phi) is 3.34. The van der Waals surface area contributed by atoms with Crippen LogP contribution in [0.15, 0.2) is 24.3 Å². The number of hydrogen-bond donors (Lipinski definition) is 1. The molecule has 0 spiro atoms. The van der Waals surface area contributed by atoms with Crippen molar-refractivity contribution in [3.8, 4) is 11.4 Å². The lowest BCUT2D eigenvalue weighted by Crippen LogP contribution is -2.31. The van der Waals surface area contributed by atoms with Crippen LogP contribution in [0, 0.1) is 6.92 Å². The average Bonchev–Trinajstić information content (AvgIpc) is 2.86. The smallest absolute Gasteiger partial charge is 0.111 e. The summed E-state index contributed by atoms with van der Waals surface area (Å²) in [5.74, 6) is 0.554. The number of hydrogen-bond acceptors (Lipinski definition) is 3. The quantitative estimate of drug-likeness (QED) is 0.898. The third kappa shape index (κ3) is 2.68. The fourth-order valence-corrected chi connectivity index (χ4v) is 2.78. The van der Waals surface area contributed by atoms with E-state index in [9.17, 15) is 0 Å². The molecule has 1 saturated heterocycles. The summed E-state index contributed by atoms with van der Waals surface area (Å²) in [7, 11) is 2.19. The number of piperidine rings is 1. The van der Waals surface area contributed by atoms with Crippen molar-refractivity contribution in [2.75, 3.05) is 20.1 Å². The van der Waals surface area contributed by atoms with Crippen molar-refractivity contribution in [1.29, 1.82) is 0 Å². The van der Waals surface area contributed by atoms with Gasteiger partial charge in [-0.15, -0.1) is 0 Å². The number of nitrogens with one attached hydrogen (secondary N) is 1. The Morgan fingerprint density at radius 2 is 2.21 bits per heavy atom. The van der Waals surface area contributed by atoms with Crippen molar-refractivity contribution in [2.24, 2.45) is 0 Å². The maximum Gasteiger partial charge on any atom is 0.111 e. The molecule has 0 unspecified atom stereocenters. The lowest BCUT2D eigenvalue weighted by atomic mass is 9.94. The third-order valence-corrected chi connectivity index (χ3v) is 3.78. The van der Waals surface area contributed by atoms with Crippen LogP contribution in [-0.4, -0.2) is 40.2 Å².